The number of H-pyrrole nitrogens is 1. The first-order valence-corrected chi connectivity index (χ1v) is 6.59. The van der Waals surface area contributed by atoms with E-state index < -0.39 is 10.7 Å². The van der Waals surface area contributed by atoms with Crippen molar-refractivity contribution in [3.05, 3.63) is 58.4 Å². The standard InChI is InChI=1S/C15H11FN4O3/c1-23-13-6-5-10(8-12(13)20(21)22)15-17-14(18-19-15)9-3-2-4-11(16)7-9/h2-8H,1H3,(H,17,18,19). The van der Waals surface area contributed by atoms with Crippen LogP contribution in [0.5, 0.6) is 5.75 Å². The van der Waals surface area contributed by atoms with Crippen molar-refractivity contribution in [3.63, 3.8) is 0 Å². The molecule has 1 N–H and O–H groups in total. The molecule has 3 aromatic rings. The highest BCUT2D eigenvalue weighted by Gasteiger charge is 2.17. The van der Waals surface area contributed by atoms with Gasteiger partial charge in [-0.05, 0) is 24.3 Å². The molecule has 0 atom stereocenters. The van der Waals surface area contributed by atoms with E-state index in [1.165, 1.54) is 31.4 Å². The summed E-state index contributed by atoms with van der Waals surface area (Å²) in [7, 11) is 1.36. The van der Waals surface area contributed by atoms with Gasteiger partial charge < -0.3 is 4.74 Å². The second kappa shape index (κ2) is 5.84. The summed E-state index contributed by atoms with van der Waals surface area (Å²) in [5.74, 6) is 0.408. The first kappa shape index (κ1) is 14.6. The van der Waals surface area contributed by atoms with E-state index in [4.69, 9.17) is 4.74 Å². The lowest BCUT2D eigenvalue weighted by Crippen LogP contribution is -1.94. The summed E-state index contributed by atoms with van der Waals surface area (Å²) in [5.41, 5.74) is 0.817. The Hall–Kier alpha value is -3.29. The van der Waals surface area contributed by atoms with Crippen molar-refractivity contribution in [2.75, 3.05) is 7.11 Å². The first-order chi connectivity index (χ1) is 11.1. The topological polar surface area (TPSA) is 93.9 Å². The second-order valence-corrected chi connectivity index (χ2v) is 4.66. The zero-order valence-corrected chi connectivity index (χ0v) is 12.0. The number of aromatic nitrogens is 3. The van der Waals surface area contributed by atoms with E-state index in [2.05, 4.69) is 15.2 Å². The molecule has 1 aromatic heterocycles. The predicted octanol–water partition coefficient (Wildman–Crippen LogP) is 3.19. The average molecular weight is 314 g/mol. The number of nitro benzene ring substituents is 1. The SMILES string of the molecule is COc1ccc(-c2nc(-c3cccc(F)c3)n[nH]2)cc1[N+](=O)[O-]. The molecule has 0 aliphatic rings. The third-order valence-electron chi connectivity index (χ3n) is 3.22. The maximum atomic E-state index is 13.3. The van der Waals surface area contributed by atoms with Crippen LogP contribution in [-0.2, 0) is 0 Å². The number of hydrogen-bond acceptors (Lipinski definition) is 5. The Morgan fingerprint density at radius 2 is 2.04 bits per heavy atom. The third-order valence-corrected chi connectivity index (χ3v) is 3.22. The van der Waals surface area contributed by atoms with Crippen LogP contribution in [0, 0.1) is 15.9 Å². The monoisotopic (exact) mass is 314 g/mol. The van der Waals surface area contributed by atoms with Crippen LogP contribution in [0.4, 0.5) is 10.1 Å². The summed E-state index contributed by atoms with van der Waals surface area (Å²) in [4.78, 5) is 14.8. The highest BCUT2D eigenvalue weighted by molar-refractivity contribution is 5.65. The maximum Gasteiger partial charge on any atom is 0.311 e. The minimum atomic E-state index is -0.536. The van der Waals surface area contributed by atoms with Gasteiger partial charge in [0.1, 0.15) is 5.82 Å². The van der Waals surface area contributed by atoms with Crippen LogP contribution in [0.25, 0.3) is 22.8 Å². The normalized spacial score (nSPS) is 10.5. The highest BCUT2D eigenvalue weighted by Crippen LogP contribution is 2.31. The molecule has 0 aliphatic carbocycles. The van der Waals surface area contributed by atoms with E-state index in [0.29, 0.717) is 22.8 Å². The smallest absolute Gasteiger partial charge is 0.311 e. The first-order valence-electron chi connectivity index (χ1n) is 6.59. The molecule has 23 heavy (non-hydrogen) atoms. The van der Waals surface area contributed by atoms with Crippen molar-refractivity contribution in [2.24, 2.45) is 0 Å². The number of hydrogen-bond donors (Lipinski definition) is 1. The molecule has 7 nitrogen and oxygen atoms in total. The van der Waals surface area contributed by atoms with Crippen molar-refractivity contribution in [2.45, 2.75) is 0 Å². The molecule has 0 aliphatic heterocycles. The molecule has 0 saturated heterocycles. The van der Waals surface area contributed by atoms with Crippen LogP contribution < -0.4 is 4.74 Å². The zero-order chi connectivity index (χ0) is 16.4. The zero-order valence-electron chi connectivity index (χ0n) is 12.0. The number of benzene rings is 2. The van der Waals surface area contributed by atoms with Crippen LogP contribution in [0.1, 0.15) is 0 Å². The molecule has 0 saturated carbocycles. The predicted molar refractivity (Wildman–Crippen MR) is 80.4 cm³/mol. The van der Waals surface area contributed by atoms with Crippen molar-refractivity contribution in [3.8, 4) is 28.5 Å². The summed E-state index contributed by atoms with van der Waals surface area (Å²) in [6, 6.07) is 10.3. The van der Waals surface area contributed by atoms with E-state index >= 15 is 0 Å². The maximum absolute atomic E-state index is 13.3. The molecule has 1 heterocycles. The van der Waals surface area contributed by atoms with Gasteiger partial charge in [-0.15, -0.1) is 0 Å². The lowest BCUT2D eigenvalue weighted by Gasteiger charge is -2.02. The van der Waals surface area contributed by atoms with Crippen molar-refractivity contribution >= 4 is 5.69 Å². The van der Waals surface area contributed by atoms with E-state index in [1.54, 1.807) is 18.2 Å². The van der Waals surface area contributed by atoms with Gasteiger partial charge in [0.25, 0.3) is 0 Å². The van der Waals surface area contributed by atoms with Gasteiger partial charge in [-0.25, -0.2) is 9.37 Å². The van der Waals surface area contributed by atoms with Crippen molar-refractivity contribution in [1.82, 2.24) is 15.2 Å². The largest absolute Gasteiger partial charge is 0.490 e. The van der Waals surface area contributed by atoms with E-state index in [0.717, 1.165) is 0 Å². The van der Waals surface area contributed by atoms with Crippen molar-refractivity contribution < 1.29 is 14.1 Å². The summed E-state index contributed by atoms with van der Waals surface area (Å²) in [6.07, 6.45) is 0. The number of halogens is 1. The number of nitrogens with one attached hydrogen (secondary N) is 1. The Kier molecular flexibility index (Phi) is 3.71. The molecule has 3 rings (SSSR count). The van der Waals surface area contributed by atoms with Gasteiger partial charge in [-0.3, -0.25) is 15.2 Å². The summed E-state index contributed by atoms with van der Waals surface area (Å²) >= 11 is 0. The van der Waals surface area contributed by atoms with Gasteiger partial charge in [-0.1, -0.05) is 12.1 Å². The fourth-order valence-corrected chi connectivity index (χ4v) is 2.13. The average Bonchev–Trinajstić information content (AvgIpc) is 3.04. The Labute approximate surface area is 129 Å². The summed E-state index contributed by atoms with van der Waals surface area (Å²) in [5, 5.41) is 17.8. The third kappa shape index (κ3) is 2.86. The molecule has 0 spiro atoms. The number of aromatic amines is 1. The Balaban J connectivity index is 2.00. The van der Waals surface area contributed by atoms with Crippen LogP contribution in [0.3, 0.4) is 0 Å². The van der Waals surface area contributed by atoms with Crippen LogP contribution in [0.15, 0.2) is 42.5 Å². The van der Waals surface area contributed by atoms with Crippen LogP contribution in [-0.4, -0.2) is 27.2 Å². The lowest BCUT2D eigenvalue weighted by atomic mass is 10.1. The van der Waals surface area contributed by atoms with Gasteiger partial charge in [0.2, 0.25) is 0 Å². The number of ether oxygens (including phenoxy) is 1. The molecule has 8 heteroatoms. The van der Waals surface area contributed by atoms with E-state index in [1.807, 2.05) is 0 Å². The Bertz CT molecular complexity index is 879. The lowest BCUT2D eigenvalue weighted by molar-refractivity contribution is -0.385. The van der Waals surface area contributed by atoms with Gasteiger partial charge >= 0.3 is 5.69 Å². The summed E-state index contributed by atoms with van der Waals surface area (Å²) in [6.45, 7) is 0. The van der Waals surface area contributed by atoms with Crippen LogP contribution in [0.2, 0.25) is 0 Å². The van der Waals surface area contributed by atoms with Crippen molar-refractivity contribution in [1.29, 1.82) is 0 Å². The second-order valence-electron chi connectivity index (χ2n) is 4.66. The van der Waals surface area contributed by atoms with Gasteiger partial charge in [0.15, 0.2) is 17.4 Å². The molecule has 0 fully saturated rings. The van der Waals surface area contributed by atoms with Gasteiger partial charge in [0, 0.05) is 17.2 Å². The summed E-state index contributed by atoms with van der Waals surface area (Å²) < 4.78 is 18.2. The Morgan fingerprint density at radius 3 is 2.74 bits per heavy atom. The minimum Gasteiger partial charge on any atom is -0.490 e. The molecule has 0 radical (unpaired) electrons. The fourth-order valence-electron chi connectivity index (χ4n) is 2.13. The molecule has 116 valence electrons. The number of methoxy groups -OCH3 is 1. The molecular weight excluding hydrogens is 303 g/mol. The van der Waals surface area contributed by atoms with E-state index in [9.17, 15) is 14.5 Å². The minimum absolute atomic E-state index is 0.156. The number of nitro groups is 1. The fraction of sp³-hybridized carbons (Fsp3) is 0.0667. The van der Waals surface area contributed by atoms with E-state index in [-0.39, 0.29) is 11.4 Å². The number of rotatable bonds is 4. The van der Waals surface area contributed by atoms with Gasteiger partial charge in [-0.2, -0.15) is 5.10 Å². The molecule has 0 amide bonds. The quantitative estimate of drug-likeness (QED) is 0.589. The van der Waals surface area contributed by atoms with Crippen LogP contribution >= 0.6 is 0 Å². The molecule has 0 bridgehead atoms. The highest BCUT2D eigenvalue weighted by atomic mass is 19.1. The molecule has 2 aromatic carbocycles. The Morgan fingerprint density at radius 1 is 1.22 bits per heavy atom. The number of nitrogens with zero attached hydrogens (tertiary/aromatic N) is 3. The molecule has 0 unspecified atom stereocenters. The van der Waals surface area contributed by atoms with Gasteiger partial charge in [0.05, 0.1) is 12.0 Å². The molecular formula is C15H11FN4O3.